The number of rotatable bonds is 5. The predicted molar refractivity (Wildman–Crippen MR) is 113 cm³/mol. The van der Waals surface area contributed by atoms with Crippen molar-refractivity contribution in [3.63, 3.8) is 0 Å². The van der Waals surface area contributed by atoms with Crippen molar-refractivity contribution < 1.29 is 23.1 Å². The van der Waals surface area contributed by atoms with Gasteiger partial charge in [-0.3, -0.25) is 0 Å². The molecule has 1 N–H and O–H groups in total. The second kappa shape index (κ2) is 9.84. The molecule has 3 rings (SSSR count). The number of hydrogen-bond acceptors (Lipinski definition) is 2. The third kappa shape index (κ3) is 5.16. The van der Waals surface area contributed by atoms with Gasteiger partial charge in [-0.05, 0) is 68.1 Å². The lowest BCUT2D eigenvalue weighted by molar-refractivity contribution is -0.137. The van der Waals surface area contributed by atoms with Gasteiger partial charge in [-0.15, -0.1) is 12.4 Å². The standard InChI is InChI=1S/C23H26F3NO2.ClH/c1-27(2)21(15-8-4-3-5-9-15)18-11-7-6-10-17(18)20-14-16(23(24,25)26)12-13-19(20)22(28)29;/h3-5,8-9,12-14,17-18,21H,6-7,10-11H2,1-2H3,(H,28,29);1H. The second-order valence-corrected chi connectivity index (χ2v) is 7.98. The summed E-state index contributed by atoms with van der Waals surface area (Å²) in [5.74, 6) is -1.40. The SMILES string of the molecule is CN(C)C(c1ccccc1)C1CCCCC1c1cc(C(F)(F)F)ccc1C(=O)O.Cl. The first-order chi connectivity index (χ1) is 13.7. The van der Waals surface area contributed by atoms with Crippen molar-refractivity contribution in [3.8, 4) is 0 Å². The Labute approximate surface area is 181 Å². The first-order valence-corrected chi connectivity index (χ1v) is 9.86. The molecule has 0 amide bonds. The van der Waals surface area contributed by atoms with Gasteiger partial charge in [-0.1, -0.05) is 43.2 Å². The molecule has 1 fully saturated rings. The van der Waals surface area contributed by atoms with Gasteiger partial charge >= 0.3 is 12.1 Å². The minimum atomic E-state index is -4.50. The zero-order chi connectivity index (χ0) is 21.2. The molecule has 3 nitrogen and oxygen atoms in total. The summed E-state index contributed by atoms with van der Waals surface area (Å²) < 4.78 is 40.1. The number of halogens is 4. The van der Waals surface area contributed by atoms with Crippen LogP contribution in [0.2, 0.25) is 0 Å². The topological polar surface area (TPSA) is 40.5 Å². The highest BCUT2D eigenvalue weighted by Crippen LogP contribution is 2.47. The van der Waals surface area contributed by atoms with E-state index in [1.54, 1.807) is 0 Å². The van der Waals surface area contributed by atoms with Crippen LogP contribution < -0.4 is 0 Å². The van der Waals surface area contributed by atoms with Gasteiger partial charge in [0.2, 0.25) is 0 Å². The molecular formula is C23H27ClF3NO2. The maximum absolute atomic E-state index is 13.4. The van der Waals surface area contributed by atoms with Gasteiger partial charge in [-0.2, -0.15) is 13.2 Å². The van der Waals surface area contributed by atoms with Crippen LogP contribution >= 0.6 is 12.4 Å². The van der Waals surface area contributed by atoms with E-state index in [1.165, 1.54) is 0 Å². The molecule has 2 aromatic rings. The summed E-state index contributed by atoms with van der Waals surface area (Å²) in [5.41, 5.74) is 0.585. The zero-order valence-corrected chi connectivity index (χ0v) is 17.8. The molecule has 164 valence electrons. The Kier molecular flexibility index (Phi) is 7.94. The Morgan fingerprint density at radius 3 is 2.27 bits per heavy atom. The van der Waals surface area contributed by atoms with Crippen LogP contribution in [0.3, 0.4) is 0 Å². The monoisotopic (exact) mass is 441 g/mol. The van der Waals surface area contributed by atoms with Crippen molar-refractivity contribution in [3.05, 3.63) is 70.8 Å². The number of nitrogens with zero attached hydrogens (tertiary/aromatic N) is 1. The molecule has 3 atom stereocenters. The summed E-state index contributed by atoms with van der Waals surface area (Å²) in [6, 6.07) is 12.9. The molecule has 0 aromatic heterocycles. The molecule has 3 unspecified atom stereocenters. The highest BCUT2D eigenvalue weighted by atomic mass is 35.5. The van der Waals surface area contributed by atoms with Gasteiger partial charge in [0.05, 0.1) is 11.1 Å². The number of hydrogen-bond donors (Lipinski definition) is 1. The van der Waals surface area contributed by atoms with Gasteiger partial charge in [0.1, 0.15) is 0 Å². The normalized spacial score (nSPS) is 20.5. The zero-order valence-electron chi connectivity index (χ0n) is 17.0. The fourth-order valence-electron chi connectivity index (χ4n) is 4.74. The highest BCUT2D eigenvalue weighted by Gasteiger charge is 2.38. The van der Waals surface area contributed by atoms with Crippen LogP contribution in [0.25, 0.3) is 0 Å². The number of carboxylic acids is 1. The molecule has 0 aliphatic heterocycles. The number of benzene rings is 2. The summed E-state index contributed by atoms with van der Waals surface area (Å²) in [4.78, 5) is 13.9. The van der Waals surface area contributed by atoms with E-state index >= 15 is 0 Å². The Morgan fingerprint density at radius 1 is 1.07 bits per heavy atom. The number of alkyl halides is 3. The minimum Gasteiger partial charge on any atom is -0.478 e. The summed E-state index contributed by atoms with van der Waals surface area (Å²) in [6.07, 6.45) is -1.11. The van der Waals surface area contributed by atoms with E-state index in [0.717, 1.165) is 43.0 Å². The predicted octanol–water partition coefficient (Wildman–Crippen LogP) is 6.40. The first-order valence-electron chi connectivity index (χ1n) is 9.86. The maximum Gasteiger partial charge on any atom is 0.416 e. The summed E-state index contributed by atoms with van der Waals surface area (Å²) >= 11 is 0. The van der Waals surface area contributed by atoms with E-state index in [0.29, 0.717) is 12.0 Å². The number of carbonyl (C=O) groups is 1. The molecule has 0 saturated heterocycles. The van der Waals surface area contributed by atoms with E-state index in [-0.39, 0.29) is 35.8 Å². The molecule has 1 saturated carbocycles. The van der Waals surface area contributed by atoms with Gasteiger partial charge in [-0.25, -0.2) is 4.79 Å². The van der Waals surface area contributed by atoms with Crippen LogP contribution in [-0.2, 0) is 6.18 Å². The maximum atomic E-state index is 13.4. The lowest BCUT2D eigenvalue weighted by Gasteiger charge is -2.41. The Balaban J connectivity index is 0.00000320. The fourth-order valence-corrected chi connectivity index (χ4v) is 4.74. The third-order valence-electron chi connectivity index (χ3n) is 5.93. The van der Waals surface area contributed by atoms with Crippen molar-refractivity contribution in [2.75, 3.05) is 14.1 Å². The number of carboxylic acid groups (broad SMARTS) is 1. The lowest BCUT2D eigenvalue weighted by Crippen LogP contribution is -2.33. The largest absolute Gasteiger partial charge is 0.478 e. The van der Waals surface area contributed by atoms with Crippen molar-refractivity contribution in [1.82, 2.24) is 4.90 Å². The molecular weight excluding hydrogens is 415 g/mol. The van der Waals surface area contributed by atoms with Crippen LogP contribution in [0, 0.1) is 5.92 Å². The van der Waals surface area contributed by atoms with Crippen LogP contribution in [0.1, 0.15) is 64.7 Å². The molecule has 1 aliphatic rings. The highest BCUT2D eigenvalue weighted by molar-refractivity contribution is 5.89. The van der Waals surface area contributed by atoms with Gasteiger partial charge in [0.25, 0.3) is 0 Å². The molecule has 7 heteroatoms. The molecule has 1 aliphatic carbocycles. The second-order valence-electron chi connectivity index (χ2n) is 7.98. The molecule has 0 spiro atoms. The van der Waals surface area contributed by atoms with Crippen LogP contribution in [0.5, 0.6) is 0 Å². The lowest BCUT2D eigenvalue weighted by atomic mass is 9.69. The van der Waals surface area contributed by atoms with E-state index < -0.39 is 17.7 Å². The Bertz CT molecular complexity index is 855. The molecule has 2 aromatic carbocycles. The average molecular weight is 442 g/mol. The summed E-state index contributed by atoms with van der Waals surface area (Å²) in [7, 11) is 3.93. The van der Waals surface area contributed by atoms with Crippen molar-refractivity contribution >= 4 is 18.4 Å². The van der Waals surface area contributed by atoms with Gasteiger partial charge in [0.15, 0.2) is 0 Å². The van der Waals surface area contributed by atoms with E-state index in [2.05, 4.69) is 4.90 Å². The summed E-state index contributed by atoms with van der Waals surface area (Å²) in [5, 5.41) is 9.65. The van der Waals surface area contributed by atoms with Crippen molar-refractivity contribution in [2.24, 2.45) is 5.92 Å². The quantitative estimate of drug-likeness (QED) is 0.583. The smallest absolute Gasteiger partial charge is 0.416 e. The van der Waals surface area contributed by atoms with Crippen molar-refractivity contribution in [2.45, 2.75) is 43.8 Å². The van der Waals surface area contributed by atoms with Crippen LogP contribution in [0.15, 0.2) is 48.5 Å². The van der Waals surface area contributed by atoms with Gasteiger partial charge in [0, 0.05) is 6.04 Å². The van der Waals surface area contributed by atoms with Gasteiger partial charge < -0.3 is 10.0 Å². The van der Waals surface area contributed by atoms with Crippen molar-refractivity contribution in [1.29, 1.82) is 0 Å². The van der Waals surface area contributed by atoms with E-state index in [9.17, 15) is 23.1 Å². The molecule has 30 heavy (non-hydrogen) atoms. The van der Waals surface area contributed by atoms with E-state index in [1.807, 2.05) is 44.4 Å². The molecule has 0 radical (unpaired) electrons. The summed E-state index contributed by atoms with van der Waals surface area (Å²) in [6.45, 7) is 0. The Hall–Kier alpha value is -2.05. The third-order valence-corrected chi connectivity index (χ3v) is 5.93. The Morgan fingerprint density at radius 2 is 1.70 bits per heavy atom. The van der Waals surface area contributed by atoms with Crippen LogP contribution in [-0.4, -0.2) is 30.1 Å². The van der Waals surface area contributed by atoms with Crippen LogP contribution in [0.4, 0.5) is 13.2 Å². The minimum absolute atomic E-state index is 0. The number of aromatic carboxylic acids is 1. The fraction of sp³-hybridized carbons (Fsp3) is 0.435. The van der Waals surface area contributed by atoms with E-state index in [4.69, 9.17) is 0 Å². The first kappa shape index (κ1) is 24.2. The molecule has 0 heterocycles. The molecule has 0 bridgehead atoms. The average Bonchev–Trinajstić information content (AvgIpc) is 2.68.